The summed E-state index contributed by atoms with van der Waals surface area (Å²) >= 11 is 1.52. The van der Waals surface area contributed by atoms with Crippen molar-refractivity contribution >= 4 is 56.3 Å². The Morgan fingerprint density at radius 3 is 2.29 bits per heavy atom. The number of carbonyl (C=O) groups excluding carboxylic acids is 1. The molecule has 0 aliphatic carbocycles. The first-order valence-electron chi connectivity index (χ1n) is 10.7. The summed E-state index contributed by atoms with van der Waals surface area (Å²) in [5.74, 6) is 1.04. The number of benzene rings is 3. The van der Waals surface area contributed by atoms with Crippen molar-refractivity contribution in [3.63, 3.8) is 0 Å². The van der Waals surface area contributed by atoms with E-state index in [9.17, 15) is 4.79 Å². The number of anilines is 5. The molecule has 0 fully saturated rings. The number of nitrogens with zero attached hydrogens (tertiary/aromatic N) is 3. The minimum absolute atomic E-state index is 0.162. The molecular formula is C26H22N6OS. The second-order valence-corrected chi connectivity index (χ2v) is 8.79. The molecule has 3 aromatic carbocycles. The van der Waals surface area contributed by atoms with E-state index in [1.165, 1.54) is 16.9 Å². The second kappa shape index (κ2) is 9.29. The predicted octanol–water partition coefficient (Wildman–Crippen LogP) is 6.44. The third-order valence-electron chi connectivity index (χ3n) is 5.17. The van der Waals surface area contributed by atoms with Crippen molar-refractivity contribution < 1.29 is 4.79 Å². The van der Waals surface area contributed by atoms with Gasteiger partial charge in [0.15, 0.2) is 0 Å². The van der Waals surface area contributed by atoms with Crippen LogP contribution >= 0.6 is 11.3 Å². The Hall–Kier alpha value is -4.30. The van der Waals surface area contributed by atoms with E-state index in [0.29, 0.717) is 23.0 Å². The van der Waals surface area contributed by atoms with Crippen LogP contribution in [0.25, 0.3) is 10.2 Å². The number of nitrogens with one attached hydrogen (secondary N) is 3. The van der Waals surface area contributed by atoms with Gasteiger partial charge in [-0.25, -0.2) is 9.97 Å². The third-order valence-corrected chi connectivity index (χ3v) is 5.96. The molecule has 0 unspecified atom stereocenters. The highest BCUT2D eigenvalue weighted by Gasteiger charge is 2.09. The van der Waals surface area contributed by atoms with E-state index < -0.39 is 0 Å². The summed E-state index contributed by atoms with van der Waals surface area (Å²) in [7, 11) is 0. The van der Waals surface area contributed by atoms with Crippen LogP contribution in [0.15, 0.2) is 78.3 Å². The Kier molecular flexibility index (Phi) is 5.88. The summed E-state index contributed by atoms with van der Waals surface area (Å²) < 4.78 is 0.988. The number of aromatic nitrogens is 3. The van der Waals surface area contributed by atoms with Crippen molar-refractivity contribution in [2.45, 2.75) is 13.8 Å². The van der Waals surface area contributed by atoms with Gasteiger partial charge in [-0.05, 0) is 68.4 Å². The van der Waals surface area contributed by atoms with Crippen LogP contribution in [0.5, 0.6) is 0 Å². The molecule has 8 heteroatoms. The van der Waals surface area contributed by atoms with Gasteiger partial charge in [0, 0.05) is 34.4 Å². The lowest BCUT2D eigenvalue weighted by molar-refractivity contribution is 0.102. The van der Waals surface area contributed by atoms with Gasteiger partial charge in [0.2, 0.25) is 5.95 Å². The number of carbonyl (C=O) groups is 1. The van der Waals surface area contributed by atoms with Crippen LogP contribution in [0, 0.1) is 13.8 Å². The molecule has 0 aliphatic rings. The smallest absolute Gasteiger partial charge is 0.255 e. The van der Waals surface area contributed by atoms with Gasteiger partial charge in [-0.2, -0.15) is 4.98 Å². The number of amides is 1. The fourth-order valence-corrected chi connectivity index (χ4v) is 4.16. The zero-order chi connectivity index (χ0) is 23.5. The van der Waals surface area contributed by atoms with Crippen LogP contribution < -0.4 is 16.0 Å². The van der Waals surface area contributed by atoms with Crippen molar-refractivity contribution in [3.05, 3.63) is 95.1 Å². The number of hydrogen-bond donors (Lipinski definition) is 3. The van der Waals surface area contributed by atoms with Crippen LogP contribution in [0.1, 0.15) is 21.6 Å². The molecule has 0 saturated carbocycles. The van der Waals surface area contributed by atoms with E-state index in [0.717, 1.165) is 27.3 Å². The van der Waals surface area contributed by atoms with Crippen molar-refractivity contribution in [3.8, 4) is 0 Å². The Morgan fingerprint density at radius 1 is 0.794 bits per heavy atom. The maximum Gasteiger partial charge on any atom is 0.255 e. The summed E-state index contributed by atoms with van der Waals surface area (Å²) in [5.41, 5.74) is 7.79. The van der Waals surface area contributed by atoms with Crippen LogP contribution in [0.4, 0.5) is 28.8 Å². The molecular weight excluding hydrogens is 444 g/mol. The molecule has 1 amide bonds. The summed E-state index contributed by atoms with van der Waals surface area (Å²) in [5, 5.41) is 9.47. The summed E-state index contributed by atoms with van der Waals surface area (Å²) in [6.07, 6.45) is 0. The number of hydrogen-bond acceptors (Lipinski definition) is 7. The molecule has 0 radical (unpaired) electrons. The standard InChI is InChI=1S/C26H22N6OS/c1-16-3-6-19(7-4-16)29-24-13-17(2)28-26(32-24)31-21-10-8-20(9-11-21)30-25(33)18-5-12-22-23(14-18)34-15-27-22/h3-15H,1-2H3,(H,30,33)(H2,28,29,31,32). The quantitative estimate of drug-likeness (QED) is 0.267. The van der Waals surface area contributed by atoms with Gasteiger partial charge in [0.05, 0.1) is 15.7 Å². The van der Waals surface area contributed by atoms with Gasteiger partial charge in [-0.15, -0.1) is 11.3 Å². The number of aryl methyl sites for hydroxylation is 2. The minimum Gasteiger partial charge on any atom is -0.340 e. The summed E-state index contributed by atoms with van der Waals surface area (Å²) in [4.78, 5) is 25.9. The lowest BCUT2D eigenvalue weighted by Crippen LogP contribution is -2.11. The highest BCUT2D eigenvalue weighted by Crippen LogP contribution is 2.22. The monoisotopic (exact) mass is 466 g/mol. The van der Waals surface area contributed by atoms with Crippen LogP contribution in [0.3, 0.4) is 0 Å². The molecule has 0 bridgehead atoms. The summed E-state index contributed by atoms with van der Waals surface area (Å²) in [6.45, 7) is 3.98. The van der Waals surface area contributed by atoms with Crippen molar-refractivity contribution in [1.29, 1.82) is 0 Å². The minimum atomic E-state index is -0.162. The van der Waals surface area contributed by atoms with E-state index >= 15 is 0 Å². The van der Waals surface area contributed by atoms with E-state index in [1.807, 2.05) is 73.7 Å². The Morgan fingerprint density at radius 2 is 1.50 bits per heavy atom. The largest absolute Gasteiger partial charge is 0.340 e. The van der Waals surface area contributed by atoms with Gasteiger partial charge >= 0.3 is 0 Å². The van der Waals surface area contributed by atoms with Crippen molar-refractivity contribution in [2.75, 3.05) is 16.0 Å². The zero-order valence-electron chi connectivity index (χ0n) is 18.7. The van der Waals surface area contributed by atoms with E-state index in [2.05, 4.69) is 37.8 Å². The zero-order valence-corrected chi connectivity index (χ0v) is 19.5. The van der Waals surface area contributed by atoms with Gasteiger partial charge in [0.1, 0.15) is 5.82 Å². The molecule has 0 saturated heterocycles. The van der Waals surface area contributed by atoms with E-state index in [1.54, 1.807) is 11.6 Å². The third kappa shape index (κ3) is 5.02. The van der Waals surface area contributed by atoms with E-state index in [-0.39, 0.29) is 5.91 Å². The first-order chi connectivity index (χ1) is 16.5. The van der Waals surface area contributed by atoms with E-state index in [4.69, 9.17) is 0 Å². The fourth-order valence-electron chi connectivity index (χ4n) is 3.44. The molecule has 5 rings (SSSR count). The predicted molar refractivity (Wildman–Crippen MR) is 139 cm³/mol. The Balaban J connectivity index is 1.26. The number of rotatable bonds is 6. The fraction of sp³-hybridized carbons (Fsp3) is 0.0769. The average molecular weight is 467 g/mol. The highest BCUT2D eigenvalue weighted by atomic mass is 32.1. The average Bonchev–Trinajstić information content (AvgIpc) is 3.29. The van der Waals surface area contributed by atoms with Crippen LogP contribution in [0.2, 0.25) is 0 Å². The molecule has 2 heterocycles. The first-order valence-corrected chi connectivity index (χ1v) is 11.6. The highest BCUT2D eigenvalue weighted by molar-refractivity contribution is 7.16. The van der Waals surface area contributed by atoms with Gasteiger partial charge in [-0.3, -0.25) is 4.79 Å². The topological polar surface area (TPSA) is 91.8 Å². The second-order valence-electron chi connectivity index (χ2n) is 7.90. The molecule has 2 aromatic heterocycles. The Labute approximate surface area is 200 Å². The molecule has 0 aliphatic heterocycles. The van der Waals surface area contributed by atoms with Crippen molar-refractivity contribution in [1.82, 2.24) is 15.0 Å². The molecule has 168 valence electrons. The molecule has 0 spiro atoms. The Bertz CT molecular complexity index is 1460. The maximum atomic E-state index is 12.6. The number of fused-ring (bicyclic) bond motifs is 1. The first kappa shape index (κ1) is 21.5. The van der Waals surface area contributed by atoms with Crippen LogP contribution in [-0.4, -0.2) is 20.9 Å². The van der Waals surface area contributed by atoms with Crippen LogP contribution in [-0.2, 0) is 0 Å². The van der Waals surface area contributed by atoms with Gasteiger partial charge in [-0.1, -0.05) is 17.7 Å². The molecule has 7 nitrogen and oxygen atoms in total. The lowest BCUT2D eigenvalue weighted by Gasteiger charge is -2.11. The normalized spacial score (nSPS) is 10.8. The molecule has 5 aromatic rings. The summed E-state index contributed by atoms with van der Waals surface area (Å²) in [6, 6.07) is 23.0. The van der Waals surface area contributed by atoms with Crippen molar-refractivity contribution in [2.24, 2.45) is 0 Å². The maximum absolute atomic E-state index is 12.6. The molecule has 34 heavy (non-hydrogen) atoms. The van der Waals surface area contributed by atoms with Gasteiger partial charge in [0.25, 0.3) is 5.91 Å². The SMILES string of the molecule is Cc1ccc(Nc2cc(C)nc(Nc3ccc(NC(=O)c4ccc5ncsc5c4)cc3)n2)cc1. The lowest BCUT2D eigenvalue weighted by atomic mass is 10.2. The molecule has 3 N–H and O–H groups in total. The molecule has 0 atom stereocenters. The number of thiazole rings is 1. The van der Waals surface area contributed by atoms with Gasteiger partial charge < -0.3 is 16.0 Å².